The molecule has 1 aliphatic carbocycles. The van der Waals surface area contributed by atoms with Crippen molar-refractivity contribution in [3.8, 4) is 0 Å². The van der Waals surface area contributed by atoms with Gasteiger partial charge in [0.25, 0.3) is 0 Å². The predicted octanol–water partition coefficient (Wildman–Crippen LogP) is 2.97. The first-order chi connectivity index (χ1) is 5.55. The summed E-state index contributed by atoms with van der Waals surface area (Å²) in [6.45, 7) is 6.29. The minimum Gasteiger partial charge on any atom is -0.411 e. The van der Waals surface area contributed by atoms with Crippen LogP contribution < -0.4 is 0 Å². The number of hydrogen-bond donors (Lipinski definition) is 1. The van der Waals surface area contributed by atoms with Crippen molar-refractivity contribution in [3.05, 3.63) is 11.6 Å². The van der Waals surface area contributed by atoms with Gasteiger partial charge < -0.3 is 5.21 Å². The predicted molar refractivity (Wildman–Crippen MR) is 50.6 cm³/mol. The van der Waals surface area contributed by atoms with Crippen LogP contribution in [0.25, 0.3) is 0 Å². The molecule has 0 amide bonds. The second-order valence-corrected chi connectivity index (χ2v) is 4.20. The van der Waals surface area contributed by atoms with Crippen LogP contribution in [0, 0.1) is 5.41 Å². The van der Waals surface area contributed by atoms with E-state index in [0.717, 1.165) is 12.1 Å². The molecule has 0 unspecified atom stereocenters. The fourth-order valence-electron chi connectivity index (χ4n) is 1.70. The molecule has 0 aliphatic heterocycles. The first-order valence-electron chi connectivity index (χ1n) is 4.46. The van der Waals surface area contributed by atoms with Gasteiger partial charge in [-0.15, -0.1) is 0 Å². The molecular weight excluding hydrogens is 150 g/mol. The summed E-state index contributed by atoms with van der Waals surface area (Å²) in [6, 6.07) is 0. The minimum absolute atomic E-state index is 0.277. The summed E-state index contributed by atoms with van der Waals surface area (Å²) in [6.07, 6.45) is 5.71. The van der Waals surface area contributed by atoms with E-state index in [4.69, 9.17) is 5.21 Å². The molecule has 1 N–H and O–H groups in total. The van der Waals surface area contributed by atoms with E-state index >= 15 is 0 Å². The normalized spacial score (nSPS) is 23.6. The molecule has 0 radical (unpaired) electrons. The maximum Gasteiger partial charge on any atom is 0.0793 e. The smallest absolute Gasteiger partial charge is 0.0793 e. The number of hydrogen-bond acceptors (Lipinski definition) is 2. The lowest BCUT2D eigenvalue weighted by atomic mass is 9.79. The number of nitrogens with zero attached hydrogens (tertiary/aromatic N) is 1. The Hall–Kier alpha value is -0.790. The maximum atomic E-state index is 8.60. The van der Waals surface area contributed by atoms with Crippen LogP contribution in [0.1, 0.15) is 40.0 Å². The van der Waals surface area contributed by atoms with Crippen molar-refractivity contribution in [2.45, 2.75) is 40.0 Å². The maximum absolute atomic E-state index is 8.60. The lowest BCUT2D eigenvalue weighted by molar-refractivity contribution is 0.318. The lowest BCUT2D eigenvalue weighted by Gasteiger charge is -2.27. The summed E-state index contributed by atoms with van der Waals surface area (Å²) in [4.78, 5) is 0. The van der Waals surface area contributed by atoms with Gasteiger partial charge in [-0.2, -0.15) is 0 Å². The van der Waals surface area contributed by atoms with Gasteiger partial charge in [0.1, 0.15) is 0 Å². The van der Waals surface area contributed by atoms with Gasteiger partial charge in [-0.3, -0.25) is 0 Å². The molecule has 2 heteroatoms. The van der Waals surface area contributed by atoms with Crippen LogP contribution in [-0.4, -0.2) is 10.9 Å². The van der Waals surface area contributed by atoms with Crippen LogP contribution in [0.15, 0.2) is 16.8 Å². The molecule has 68 valence electrons. The second-order valence-electron chi connectivity index (χ2n) is 4.20. The lowest BCUT2D eigenvalue weighted by Crippen LogP contribution is -2.15. The molecular formula is C10H17NO. The van der Waals surface area contributed by atoms with Gasteiger partial charge in [0.15, 0.2) is 0 Å². The van der Waals surface area contributed by atoms with Crippen molar-refractivity contribution < 1.29 is 5.21 Å². The Morgan fingerprint density at radius 3 is 2.75 bits per heavy atom. The van der Waals surface area contributed by atoms with Gasteiger partial charge >= 0.3 is 0 Å². The Morgan fingerprint density at radius 2 is 2.25 bits per heavy atom. The Balaban J connectivity index is 2.85. The first-order valence-corrected chi connectivity index (χ1v) is 4.46. The molecule has 2 nitrogen and oxygen atoms in total. The molecule has 1 aliphatic rings. The summed E-state index contributed by atoms with van der Waals surface area (Å²) in [7, 11) is 0. The number of oxime groups is 1. The molecule has 0 bridgehead atoms. The highest BCUT2D eigenvalue weighted by Crippen LogP contribution is 2.33. The highest BCUT2D eigenvalue weighted by atomic mass is 16.4. The highest BCUT2D eigenvalue weighted by Gasteiger charge is 2.21. The minimum atomic E-state index is 0.277. The third kappa shape index (κ3) is 2.10. The third-order valence-corrected chi connectivity index (χ3v) is 2.45. The van der Waals surface area contributed by atoms with Crippen LogP contribution in [0.5, 0.6) is 0 Å². The van der Waals surface area contributed by atoms with Gasteiger partial charge in [0, 0.05) is 0 Å². The highest BCUT2D eigenvalue weighted by molar-refractivity contribution is 5.97. The van der Waals surface area contributed by atoms with E-state index in [1.165, 1.54) is 18.4 Å². The van der Waals surface area contributed by atoms with E-state index in [-0.39, 0.29) is 5.41 Å². The van der Waals surface area contributed by atoms with Gasteiger partial charge in [-0.25, -0.2) is 0 Å². The molecule has 12 heavy (non-hydrogen) atoms. The number of rotatable bonds is 1. The zero-order chi connectivity index (χ0) is 9.19. The number of allylic oxidation sites excluding steroid dienone is 2. The van der Waals surface area contributed by atoms with E-state index in [2.05, 4.69) is 25.1 Å². The zero-order valence-electron chi connectivity index (χ0n) is 8.09. The molecule has 0 aromatic carbocycles. The first kappa shape index (κ1) is 9.30. The van der Waals surface area contributed by atoms with Crippen molar-refractivity contribution in [2.24, 2.45) is 10.6 Å². The van der Waals surface area contributed by atoms with Gasteiger partial charge in [-0.05, 0) is 37.2 Å². The quantitative estimate of drug-likeness (QED) is 0.363. The summed E-state index contributed by atoms with van der Waals surface area (Å²) >= 11 is 0. The Kier molecular flexibility index (Phi) is 2.55. The van der Waals surface area contributed by atoms with Crippen molar-refractivity contribution in [1.82, 2.24) is 0 Å². The zero-order valence-corrected chi connectivity index (χ0v) is 8.09. The largest absolute Gasteiger partial charge is 0.411 e. The summed E-state index contributed by atoms with van der Waals surface area (Å²) in [5.74, 6) is 0. The van der Waals surface area contributed by atoms with E-state index < -0.39 is 0 Å². The van der Waals surface area contributed by atoms with Gasteiger partial charge in [0.05, 0.1) is 5.71 Å². The topological polar surface area (TPSA) is 32.6 Å². The standard InChI is InChI=1S/C10H17NO/c1-8(11-12)9-5-4-6-10(2,3)7-9/h7,12H,4-6H2,1-3H3/b11-8+. The molecule has 0 aromatic rings. The summed E-state index contributed by atoms with van der Waals surface area (Å²) < 4.78 is 0. The molecule has 0 fully saturated rings. The molecule has 0 aromatic heterocycles. The Bertz CT molecular complexity index is 226. The van der Waals surface area contributed by atoms with Gasteiger partial charge in [0.2, 0.25) is 0 Å². The van der Waals surface area contributed by atoms with Crippen molar-refractivity contribution in [1.29, 1.82) is 0 Å². The second kappa shape index (κ2) is 3.30. The average Bonchev–Trinajstić information content (AvgIpc) is 2.01. The molecule has 1 rings (SSSR count). The van der Waals surface area contributed by atoms with Gasteiger partial charge in [-0.1, -0.05) is 25.1 Å². The SMILES string of the molecule is C/C(=N\O)C1=CC(C)(C)CCC1. The van der Waals surface area contributed by atoms with Crippen molar-refractivity contribution in [2.75, 3.05) is 0 Å². The van der Waals surface area contributed by atoms with E-state index in [1.807, 2.05) is 6.92 Å². The molecule has 0 atom stereocenters. The average molecular weight is 167 g/mol. The van der Waals surface area contributed by atoms with E-state index in [0.29, 0.717) is 0 Å². The van der Waals surface area contributed by atoms with Crippen LogP contribution in [0.4, 0.5) is 0 Å². The van der Waals surface area contributed by atoms with Crippen LogP contribution in [0.3, 0.4) is 0 Å². The van der Waals surface area contributed by atoms with Crippen molar-refractivity contribution >= 4 is 5.71 Å². The van der Waals surface area contributed by atoms with E-state index in [1.54, 1.807) is 0 Å². The Labute approximate surface area is 74.0 Å². The monoisotopic (exact) mass is 167 g/mol. The van der Waals surface area contributed by atoms with Crippen molar-refractivity contribution in [3.63, 3.8) is 0 Å². The Morgan fingerprint density at radius 1 is 1.58 bits per heavy atom. The third-order valence-electron chi connectivity index (χ3n) is 2.45. The van der Waals surface area contributed by atoms with E-state index in [9.17, 15) is 0 Å². The summed E-state index contributed by atoms with van der Waals surface area (Å²) in [5, 5.41) is 11.8. The molecule has 0 saturated carbocycles. The molecule has 0 heterocycles. The molecule has 0 saturated heterocycles. The van der Waals surface area contributed by atoms with Crippen LogP contribution in [0.2, 0.25) is 0 Å². The fourth-order valence-corrected chi connectivity index (χ4v) is 1.70. The fraction of sp³-hybridized carbons (Fsp3) is 0.700. The summed E-state index contributed by atoms with van der Waals surface area (Å²) in [5.41, 5.74) is 2.25. The molecule has 0 spiro atoms. The van der Waals surface area contributed by atoms with Crippen LogP contribution in [-0.2, 0) is 0 Å². The van der Waals surface area contributed by atoms with Crippen LogP contribution >= 0.6 is 0 Å².